The largest absolute Gasteiger partial charge is 0.338 e. The van der Waals surface area contributed by atoms with E-state index in [2.05, 4.69) is 22.4 Å². The van der Waals surface area contributed by atoms with Gasteiger partial charge in [0.25, 0.3) is 0 Å². The lowest BCUT2D eigenvalue weighted by Crippen LogP contribution is -2.31. The van der Waals surface area contributed by atoms with Crippen LogP contribution in [0.3, 0.4) is 0 Å². The number of thioether (sulfide) groups is 1. The number of nitrogens with one attached hydrogen (secondary N) is 1. The van der Waals surface area contributed by atoms with Gasteiger partial charge in [0.2, 0.25) is 5.89 Å². The van der Waals surface area contributed by atoms with Gasteiger partial charge in [0.15, 0.2) is 5.82 Å². The molecule has 1 aromatic rings. The number of hydrogen-bond acceptors (Lipinski definition) is 5. The third-order valence-electron chi connectivity index (χ3n) is 3.96. The van der Waals surface area contributed by atoms with Crippen LogP contribution in [0.5, 0.6) is 0 Å². The first-order valence-corrected chi connectivity index (χ1v) is 8.15. The van der Waals surface area contributed by atoms with E-state index in [0.717, 1.165) is 11.7 Å². The lowest BCUT2D eigenvalue weighted by molar-refractivity contribution is 0.323. The maximum absolute atomic E-state index is 5.42. The van der Waals surface area contributed by atoms with Crippen LogP contribution in [-0.2, 0) is 0 Å². The molecule has 1 aromatic heterocycles. The minimum atomic E-state index is 0.177. The topological polar surface area (TPSA) is 51.0 Å². The van der Waals surface area contributed by atoms with Crippen LogP contribution in [0.4, 0.5) is 0 Å². The van der Waals surface area contributed by atoms with E-state index in [1.165, 1.54) is 43.6 Å². The second-order valence-electron chi connectivity index (χ2n) is 5.42. The van der Waals surface area contributed by atoms with Gasteiger partial charge < -0.3 is 9.84 Å². The molecule has 2 heterocycles. The maximum atomic E-state index is 5.42. The van der Waals surface area contributed by atoms with Crippen molar-refractivity contribution >= 4 is 11.8 Å². The summed E-state index contributed by atoms with van der Waals surface area (Å²) in [6.45, 7) is 2.12. The highest BCUT2D eigenvalue weighted by molar-refractivity contribution is 7.99. The molecule has 1 N–H and O–H groups in total. The molecule has 1 aliphatic heterocycles. The Morgan fingerprint density at radius 2 is 2.17 bits per heavy atom. The second-order valence-corrected chi connectivity index (χ2v) is 6.57. The molecule has 4 nitrogen and oxygen atoms in total. The first kappa shape index (κ1) is 12.5. The molecule has 1 saturated carbocycles. The zero-order valence-electron chi connectivity index (χ0n) is 10.9. The average Bonchev–Trinajstić information content (AvgIpc) is 3.11. The summed E-state index contributed by atoms with van der Waals surface area (Å²) in [7, 11) is 0. The monoisotopic (exact) mass is 267 g/mol. The van der Waals surface area contributed by atoms with Crippen LogP contribution in [0.15, 0.2) is 4.52 Å². The number of rotatable bonds is 4. The molecule has 2 atom stereocenters. The number of aromatic nitrogens is 2. The summed E-state index contributed by atoms with van der Waals surface area (Å²) >= 11 is 2.02. The van der Waals surface area contributed by atoms with Gasteiger partial charge in [-0.05, 0) is 31.9 Å². The summed E-state index contributed by atoms with van der Waals surface area (Å²) in [6, 6.07) is 0.781. The van der Waals surface area contributed by atoms with Gasteiger partial charge in [0, 0.05) is 17.7 Å². The first-order valence-electron chi connectivity index (χ1n) is 7.00. The predicted molar refractivity (Wildman–Crippen MR) is 72.8 cm³/mol. The van der Waals surface area contributed by atoms with Crippen LogP contribution in [0.2, 0.25) is 0 Å². The van der Waals surface area contributed by atoms with Gasteiger partial charge in [-0.15, -0.1) is 0 Å². The van der Waals surface area contributed by atoms with Crippen LogP contribution in [0.1, 0.15) is 62.7 Å². The van der Waals surface area contributed by atoms with Crippen molar-refractivity contribution in [1.82, 2.24) is 15.5 Å². The Kier molecular flexibility index (Phi) is 3.89. The van der Waals surface area contributed by atoms with Gasteiger partial charge in [0.1, 0.15) is 0 Å². The summed E-state index contributed by atoms with van der Waals surface area (Å²) in [6.07, 6.45) is 6.31. The molecule has 1 saturated heterocycles. The maximum Gasteiger partial charge on any atom is 0.243 e. The summed E-state index contributed by atoms with van der Waals surface area (Å²) in [4.78, 5) is 4.59. The summed E-state index contributed by atoms with van der Waals surface area (Å²) in [5.74, 6) is 4.69. The van der Waals surface area contributed by atoms with Crippen molar-refractivity contribution in [2.45, 2.75) is 57.0 Å². The van der Waals surface area contributed by atoms with Crippen LogP contribution < -0.4 is 5.32 Å². The molecule has 2 aliphatic rings. The quantitative estimate of drug-likeness (QED) is 0.909. The zero-order valence-corrected chi connectivity index (χ0v) is 11.7. The second kappa shape index (κ2) is 5.61. The highest BCUT2D eigenvalue weighted by Gasteiger charge is 2.25. The molecule has 0 unspecified atom stereocenters. The first-order chi connectivity index (χ1) is 8.83. The fraction of sp³-hybridized carbons (Fsp3) is 0.846. The van der Waals surface area contributed by atoms with E-state index in [-0.39, 0.29) is 6.04 Å². The van der Waals surface area contributed by atoms with Gasteiger partial charge in [-0.2, -0.15) is 16.7 Å². The van der Waals surface area contributed by atoms with Gasteiger partial charge in [-0.25, -0.2) is 0 Å². The minimum Gasteiger partial charge on any atom is -0.338 e. The van der Waals surface area contributed by atoms with E-state index < -0.39 is 0 Å². The molecule has 5 heteroatoms. The Balaban J connectivity index is 1.60. The van der Waals surface area contributed by atoms with Crippen molar-refractivity contribution in [2.75, 3.05) is 11.5 Å². The van der Waals surface area contributed by atoms with Crippen LogP contribution in [0, 0.1) is 0 Å². The van der Waals surface area contributed by atoms with E-state index in [1.54, 1.807) is 0 Å². The van der Waals surface area contributed by atoms with Gasteiger partial charge in [0.05, 0.1) is 6.04 Å². The third kappa shape index (κ3) is 2.72. The Labute approximate surface area is 112 Å². The zero-order chi connectivity index (χ0) is 12.4. The minimum absolute atomic E-state index is 0.177. The normalized spacial score (nSPS) is 26.8. The summed E-state index contributed by atoms with van der Waals surface area (Å²) < 4.78 is 5.42. The lowest BCUT2D eigenvalue weighted by atomic mass is 10.1. The number of hydrogen-bond donors (Lipinski definition) is 1. The van der Waals surface area contributed by atoms with Crippen molar-refractivity contribution < 1.29 is 4.52 Å². The summed E-state index contributed by atoms with van der Waals surface area (Å²) in [5.41, 5.74) is 0. The molecule has 100 valence electrons. The van der Waals surface area contributed by atoms with Crippen LogP contribution >= 0.6 is 11.8 Å². The lowest BCUT2D eigenvalue weighted by Gasteiger charge is -2.14. The van der Waals surface area contributed by atoms with Crippen molar-refractivity contribution in [3.8, 4) is 0 Å². The van der Waals surface area contributed by atoms with Gasteiger partial charge in [-0.3, -0.25) is 0 Å². The molecule has 3 rings (SSSR count). The molecule has 0 aromatic carbocycles. The van der Waals surface area contributed by atoms with Crippen molar-refractivity contribution in [3.63, 3.8) is 0 Å². The van der Waals surface area contributed by atoms with E-state index in [0.29, 0.717) is 12.0 Å². The smallest absolute Gasteiger partial charge is 0.243 e. The van der Waals surface area contributed by atoms with Crippen molar-refractivity contribution in [2.24, 2.45) is 0 Å². The molecule has 0 amide bonds. The van der Waals surface area contributed by atoms with Crippen LogP contribution in [0.25, 0.3) is 0 Å². The highest BCUT2D eigenvalue weighted by Crippen LogP contribution is 2.32. The highest BCUT2D eigenvalue weighted by atomic mass is 32.2. The Hall–Kier alpha value is -0.550. The van der Waals surface area contributed by atoms with Crippen molar-refractivity contribution in [3.05, 3.63) is 11.7 Å². The number of nitrogens with zero attached hydrogens (tertiary/aromatic N) is 2. The molecule has 0 radical (unpaired) electrons. The molecule has 0 spiro atoms. The average molecular weight is 267 g/mol. The Morgan fingerprint density at radius 1 is 1.33 bits per heavy atom. The SMILES string of the molecule is C[C@H](N[C@H]1CCSC1)c1nc(C2CCCC2)no1. The van der Waals surface area contributed by atoms with E-state index >= 15 is 0 Å². The standard InChI is InChI=1S/C13H21N3OS/c1-9(14-11-6-7-18-8-11)13-15-12(16-17-13)10-4-2-3-5-10/h9-11,14H,2-8H2,1H3/t9-,11-/m0/s1. The van der Waals surface area contributed by atoms with E-state index in [9.17, 15) is 0 Å². The molecule has 18 heavy (non-hydrogen) atoms. The fourth-order valence-electron chi connectivity index (χ4n) is 2.86. The molecular formula is C13H21N3OS. The van der Waals surface area contributed by atoms with Crippen molar-refractivity contribution in [1.29, 1.82) is 0 Å². The molecule has 1 aliphatic carbocycles. The fourth-order valence-corrected chi connectivity index (χ4v) is 4.03. The molecular weight excluding hydrogens is 246 g/mol. The van der Waals surface area contributed by atoms with E-state index in [4.69, 9.17) is 4.52 Å². The third-order valence-corrected chi connectivity index (χ3v) is 5.13. The van der Waals surface area contributed by atoms with Gasteiger partial charge in [-0.1, -0.05) is 18.0 Å². The predicted octanol–water partition coefficient (Wildman–Crippen LogP) is 2.88. The van der Waals surface area contributed by atoms with Crippen LogP contribution in [-0.4, -0.2) is 27.7 Å². The molecule has 0 bridgehead atoms. The summed E-state index contributed by atoms with van der Waals surface area (Å²) in [5, 5.41) is 7.74. The Morgan fingerprint density at radius 3 is 2.89 bits per heavy atom. The van der Waals surface area contributed by atoms with Gasteiger partial charge >= 0.3 is 0 Å². The Bertz CT molecular complexity index is 383. The molecule has 2 fully saturated rings. The van der Waals surface area contributed by atoms with E-state index in [1.807, 2.05) is 11.8 Å².